The van der Waals surface area contributed by atoms with Crippen LogP contribution in [0, 0.1) is 17.3 Å². The van der Waals surface area contributed by atoms with Crippen LogP contribution in [-0.4, -0.2) is 53.1 Å². The van der Waals surface area contributed by atoms with Gasteiger partial charge in [0.1, 0.15) is 5.60 Å². The highest BCUT2D eigenvalue weighted by molar-refractivity contribution is 5.81. The maximum Gasteiger partial charge on any atom is 0.410 e. The van der Waals surface area contributed by atoms with Gasteiger partial charge in [-0.3, -0.25) is 4.79 Å². The van der Waals surface area contributed by atoms with E-state index in [9.17, 15) is 9.59 Å². The monoisotopic (exact) mass is 336 g/mol. The Bertz CT molecular complexity index is 511. The van der Waals surface area contributed by atoms with E-state index in [2.05, 4.69) is 13.8 Å². The number of nitrogens with zero attached hydrogens (tertiary/aromatic N) is 2. The zero-order valence-electron chi connectivity index (χ0n) is 15.8. The first-order chi connectivity index (χ1) is 11.1. The van der Waals surface area contributed by atoms with Gasteiger partial charge in [-0.25, -0.2) is 4.79 Å². The molecule has 3 aliphatic rings. The van der Waals surface area contributed by atoms with Crippen molar-refractivity contribution in [1.82, 2.24) is 9.80 Å². The van der Waals surface area contributed by atoms with Crippen LogP contribution in [-0.2, 0) is 9.53 Å². The fourth-order valence-electron chi connectivity index (χ4n) is 4.36. The molecule has 136 valence electrons. The van der Waals surface area contributed by atoms with Gasteiger partial charge in [0.25, 0.3) is 0 Å². The molecule has 2 heterocycles. The van der Waals surface area contributed by atoms with Crippen molar-refractivity contribution in [2.75, 3.05) is 19.6 Å². The lowest BCUT2D eigenvalue weighted by Gasteiger charge is -2.58. The van der Waals surface area contributed by atoms with Gasteiger partial charge in [0.15, 0.2) is 0 Å². The molecule has 0 bridgehead atoms. The Kier molecular flexibility index (Phi) is 4.33. The van der Waals surface area contributed by atoms with Crippen molar-refractivity contribution in [1.29, 1.82) is 0 Å². The lowest BCUT2D eigenvalue weighted by molar-refractivity contribution is -0.136. The van der Waals surface area contributed by atoms with E-state index in [1.54, 1.807) is 0 Å². The quantitative estimate of drug-likeness (QED) is 0.777. The number of ether oxygens (including phenoxy) is 1. The van der Waals surface area contributed by atoms with E-state index in [0.29, 0.717) is 17.7 Å². The summed E-state index contributed by atoms with van der Waals surface area (Å²) in [7, 11) is 0. The highest BCUT2D eigenvalue weighted by atomic mass is 16.6. The summed E-state index contributed by atoms with van der Waals surface area (Å²) in [5.74, 6) is 1.12. The van der Waals surface area contributed by atoms with E-state index in [0.717, 1.165) is 45.3 Å². The maximum atomic E-state index is 12.5. The maximum absolute atomic E-state index is 12.5. The molecule has 0 aromatic heterocycles. The van der Waals surface area contributed by atoms with Crippen LogP contribution >= 0.6 is 0 Å². The SMILES string of the molecule is CC(C)(C)OC(=O)N1CC(C)(C)[C@H]1C1CCN(C(=O)C2CC2)CC1. The molecule has 1 saturated carbocycles. The molecule has 0 aromatic carbocycles. The van der Waals surface area contributed by atoms with Gasteiger partial charge in [0.05, 0.1) is 0 Å². The molecule has 0 radical (unpaired) electrons. The van der Waals surface area contributed by atoms with Gasteiger partial charge >= 0.3 is 6.09 Å². The summed E-state index contributed by atoms with van der Waals surface area (Å²) in [5.41, 5.74) is -0.328. The van der Waals surface area contributed by atoms with Gasteiger partial charge in [0.2, 0.25) is 5.91 Å². The molecule has 3 rings (SSSR count). The van der Waals surface area contributed by atoms with Gasteiger partial charge in [-0.1, -0.05) is 13.8 Å². The molecular weight excluding hydrogens is 304 g/mol. The second kappa shape index (κ2) is 5.92. The molecule has 5 nitrogen and oxygen atoms in total. The third-order valence-electron chi connectivity index (χ3n) is 5.57. The van der Waals surface area contributed by atoms with Crippen LogP contribution in [0.3, 0.4) is 0 Å². The average molecular weight is 336 g/mol. The largest absolute Gasteiger partial charge is 0.444 e. The zero-order chi connectivity index (χ0) is 17.7. The molecular formula is C19H32N2O3. The van der Waals surface area contributed by atoms with Crippen molar-refractivity contribution in [2.45, 2.75) is 71.9 Å². The van der Waals surface area contributed by atoms with Crippen LogP contribution in [0.2, 0.25) is 0 Å². The molecule has 2 amide bonds. The van der Waals surface area contributed by atoms with Gasteiger partial charge < -0.3 is 14.5 Å². The predicted molar refractivity (Wildman–Crippen MR) is 92.5 cm³/mol. The number of hydrogen-bond acceptors (Lipinski definition) is 3. The van der Waals surface area contributed by atoms with E-state index < -0.39 is 5.60 Å². The minimum Gasteiger partial charge on any atom is -0.444 e. The lowest BCUT2D eigenvalue weighted by atomic mass is 9.67. The molecule has 0 unspecified atom stereocenters. The number of carbonyl (C=O) groups is 2. The van der Waals surface area contributed by atoms with E-state index >= 15 is 0 Å². The topological polar surface area (TPSA) is 49.9 Å². The second-order valence-electron chi connectivity index (χ2n) is 9.48. The zero-order valence-corrected chi connectivity index (χ0v) is 15.8. The normalized spacial score (nSPS) is 27.6. The first kappa shape index (κ1) is 17.6. The van der Waals surface area contributed by atoms with Crippen molar-refractivity contribution in [3.8, 4) is 0 Å². The Hall–Kier alpha value is -1.26. The number of piperidine rings is 1. The number of rotatable bonds is 2. The predicted octanol–water partition coefficient (Wildman–Crippen LogP) is 3.28. The van der Waals surface area contributed by atoms with Crippen LogP contribution in [0.1, 0.15) is 60.3 Å². The Morgan fingerprint density at radius 2 is 1.62 bits per heavy atom. The first-order valence-electron chi connectivity index (χ1n) is 9.37. The molecule has 2 saturated heterocycles. The van der Waals surface area contributed by atoms with Crippen molar-refractivity contribution in [2.24, 2.45) is 17.3 Å². The van der Waals surface area contributed by atoms with E-state index in [4.69, 9.17) is 4.74 Å². The molecule has 1 aliphatic carbocycles. The van der Waals surface area contributed by atoms with Crippen LogP contribution in [0.15, 0.2) is 0 Å². The minimum absolute atomic E-state index is 0.129. The number of amides is 2. The molecule has 24 heavy (non-hydrogen) atoms. The number of hydrogen-bond donors (Lipinski definition) is 0. The summed E-state index contributed by atoms with van der Waals surface area (Å²) in [5, 5.41) is 0. The number of carbonyl (C=O) groups excluding carboxylic acids is 2. The fraction of sp³-hybridized carbons (Fsp3) is 0.895. The Morgan fingerprint density at radius 1 is 1.04 bits per heavy atom. The fourth-order valence-corrected chi connectivity index (χ4v) is 4.36. The van der Waals surface area contributed by atoms with E-state index in [1.807, 2.05) is 30.6 Å². The molecule has 0 aromatic rings. The van der Waals surface area contributed by atoms with E-state index in [1.165, 1.54) is 0 Å². The van der Waals surface area contributed by atoms with Crippen LogP contribution < -0.4 is 0 Å². The van der Waals surface area contributed by atoms with Crippen molar-refractivity contribution in [3.05, 3.63) is 0 Å². The molecule has 0 spiro atoms. The first-order valence-corrected chi connectivity index (χ1v) is 9.37. The van der Waals surface area contributed by atoms with Gasteiger partial charge in [-0.15, -0.1) is 0 Å². The smallest absolute Gasteiger partial charge is 0.410 e. The summed E-state index contributed by atoms with van der Waals surface area (Å²) in [6.07, 6.45) is 3.93. The number of likely N-dealkylation sites (tertiary alicyclic amines) is 2. The molecule has 2 aliphatic heterocycles. The third kappa shape index (κ3) is 3.55. The average Bonchev–Trinajstić information content (AvgIpc) is 3.28. The molecule has 0 N–H and O–H groups in total. The summed E-state index contributed by atoms with van der Waals surface area (Å²) < 4.78 is 5.58. The highest BCUT2D eigenvalue weighted by Gasteiger charge is 2.53. The summed E-state index contributed by atoms with van der Waals surface area (Å²) >= 11 is 0. The molecule has 3 fully saturated rings. The summed E-state index contributed by atoms with van der Waals surface area (Å²) in [6.45, 7) is 12.6. The van der Waals surface area contributed by atoms with Crippen molar-refractivity contribution < 1.29 is 14.3 Å². The van der Waals surface area contributed by atoms with Crippen molar-refractivity contribution in [3.63, 3.8) is 0 Å². The highest BCUT2D eigenvalue weighted by Crippen LogP contribution is 2.45. The Morgan fingerprint density at radius 3 is 2.08 bits per heavy atom. The minimum atomic E-state index is -0.457. The lowest BCUT2D eigenvalue weighted by Crippen LogP contribution is -2.68. The van der Waals surface area contributed by atoms with Gasteiger partial charge in [-0.05, 0) is 52.4 Å². The Labute approximate surface area is 145 Å². The summed E-state index contributed by atoms with van der Waals surface area (Å²) in [6, 6.07) is 0.227. The molecule has 1 atom stereocenters. The summed E-state index contributed by atoms with van der Waals surface area (Å²) in [4.78, 5) is 28.7. The van der Waals surface area contributed by atoms with Gasteiger partial charge in [-0.2, -0.15) is 0 Å². The second-order valence-corrected chi connectivity index (χ2v) is 9.48. The molecule has 5 heteroatoms. The van der Waals surface area contributed by atoms with Gasteiger partial charge in [0, 0.05) is 37.0 Å². The Balaban J connectivity index is 1.59. The van der Waals surface area contributed by atoms with Crippen LogP contribution in [0.4, 0.5) is 4.79 Å². The third-order valence-corrected chi connectivity index (χ3v) is 5.57. The van der Waals surface area contributed by atoms with Crippen LogP contribution in [0.5, 0.6) is 0 Å². The van der Waals surface area contributed by atoms with E-state index in [-0.39, 0.29) is 17.6 Å². The standard InChI is InChI=1S/C19H32N2O3/c1-18(2,3)24-17(23)21-12-19(4,5)15(21)13-8-10-20(11-9-13)16(22)14-6-7-14/h13-15H,6-12H2,1-5H3/t15-/m1/s1. The van der Waals surface area contributed by atoms with Crippen molar-refractivity contribution >= 4 is 12.0 Å². The van der Waals surface area contributed by atoms with Crippen LogP contribution in [0.25, 0.3) is 0 Å².